The molecule has 2 aromatic carbocycles. The molecule has 1 N–H and O–H groups in total. The monoisotopic (exact) mass is 436 g/mol. The van der Waals surface area contributed by atoms with Crippen molar-refractivity contribution >= 4 is 11.8 Å². The lowest BCUT2D eigenvalue weighted by Crippen LogP contribution is -2.42. The van der Waals surface area contributed by atoms with Gasteiger partial charge in [0, 0.05) is 31.1 Å². The minimum absolute atomic E-state index is 0.100. The quantitative estimate of drug-likeness (QED) is 0.720. The largest absolute Gasteiger partial charge is 0.493 e. The van der Waals surface area contributed by atoms with Crippen molar-refractivity contribution in [3.8, 4) is 11.5 Å². The van der Waals surface area contributed by atoms with Crippen LogP contribution in [0.5, 0.6) is 11.5 Å². The number of hydrogen-bond donors (Lipinski definition) is 1. The summed E-state index contributed by atoms with van der Waals surface area (Å²) >= 11 is 0. The summed E-state index contributed by atoms with van der Waals surface area (Å²) in [5.74, 6) is -0.945. The molecule has 1 fully saturated rings. The van der Waals surface area contributed by atoms with E-state index in [0.29, 0.717) is 37.1 Å². The van der Waals surface area contributed by atoms with E-state index in [2.05, 4.69) is 10.1 Å². The van der Waals surface area contributed by atoms with E-state index in [1.54, 1.807) is 11.0 Å². The zero-order valence-electron chi connectivity index (χ0n) is 16.9. The molecular formula is C22H23F3N2O4. The van der Waals surface area contributed by atoms with Gasteiger partial charge in [-0.15, -0.1) is 0 Å². The number of carbonyl (C=O) groups excluding carboxylic acids is 2. The van der Waals surface area contributed by atoms with E-state index in [1.165, 1.54) is 43.5 Å². The van der Waals surface area contributed by atoms with Crippen molar-refractivity contribution < 1.29 is 32.2 Å². The summed E-state index contributed by atoms with van der Waals surface area (Å²) in [6, 6.07) is 9.92. The van der Waals surface area contributed by atoms with Crippen LogP contribution in [0.1, 0.15) is 28.8 Å². The maximum absolute atomic E-state index is 13.0. The molecule has 0 unspecified atom stereocenters. The van der Waals surface area contributed by atoms with E-state index in [9.17, 15) is 22.8 Å². The third-order valence-electron chi connectivity index (χ3n) is 5.15. The first kappa shape index (κ1) is 22.5. The van der Waals surface area contributed by atoms with Crippen molar-refractivity contribution in [1.29, 1.82) is 0 Å². The van der Waals surface area contributed by atoms with Crippen molar-refractivity contribution in [3.63, 3.8) is 0 Å². The normalized spacial score (nSPS) is 14.4. The van der Waals surface area contributed by atoms with Gasteiger partial charge in [0.15, 0.2) is 11.5 Å². The summed E-state index contributed by atoms with van der Waals surface area (Å²) in [5.41, 5.74) is 0.999. The van der Waals surface area contributed by atoms with Crippen molar-refractivity contribution in [2.24, 2.45) is 5.92 Å². The van der Waals surface area contributed by atoms with Gasteiger partial charge in [-0.2, -0.15) is 8.78 Å². The number of piperidine rings is 1. The van der Waals surface area contributed by atoms with Crippen LogP contribution in [0, 0.1) is 11.7 Å². The lowest BCUT2D eigenvalue weighted by Gasteiger charge is -2.31. The van der Waals surface area contributed by atoms with Gasteiger partial charge in [0.25, 0.3) is 5.91 Å². The van der Waals surface area contributed by atoms with Crippen molar-refractivity contribution in [2.45, 2.75) is 26.0 Å². The number of likely N-dealkylation sites (tertiary alicyclic amines) is 1. The van der Waals surface area contributed by atoms with E-state index < -0.39 is 12.4 Å². The zero-order valence-corrected chi connectivity index (χ0v) is 16.9. The highest BCUT2D eigenvalue weighted by molar-refractivity contribution is 5.94. The molecule has 1 saturated heterocycles. The third kappa shape index (κ3) is 5.90. The van der Waals surface area contributed by atoms with Gasteiger partial charge in [-0.25, -0.2) is 4.39 Å². The predicted molar refractivity (Wildman–Crippen MR) is 107 cm³/mol. The van der Waals surface area contributed by atoms with E-state index in [-0.39, 0.29) is 35.8 Å². The Morgan fingerprint density at radius 3 is 2.39 bits per heavy atom. The van der Waals surface area contributed by atoms with Gasteiger partial charge in [0.1, 0.15) is 5.82 Å². The molecule has 1 aliphatic rings. The number of ether oxygens (including phenoxy) is 2. The number of alkyl halides is 2. The smallest absolute Gasteiger partial charge is 0.387 e. The molecule has 0 atom stereocenters. The van der Waals surface area contributed by atoms with Crippen molar-refractivity contribution in [2.75, 3.05) is 20.2 Å². The van der Waals surface area contributed by atoms with E-state index in [4.69, 9.17) is 4.74 Å². The average molecular weight is 436 g/mol. The Hall–Kier alpha value is -3.23. The van der Waals surface area contributed by atoms with Crippen LogP contribution in [0.25, 0.3) is 0 Å². The van der Waals surface area contributed by atoms with Gasteiger partial charge in [-0.1, -0.05) is 6.07 Å². The van der Waals surface area contributed by atoms with Crippen LogP contribution >= 0.6 is 0 Å². The minimum atomic E-state index is -2.98. The lowest BCUT2D eigenvalue weighted by molar-refractivity contribution is -0.126. The first-order chi connectivity index (χ1) is 14.9. The topological polar surface area (TPSA) is 67.9 Å². The lowest BCUT2D eigenvalue weighted by atomic mass is 9.95. The minimum Gasteiger partial charge on any atom is -0.493 e. The fourth-order valence-electron chi connectivity index (χ4n) is 3.47. The second-order valence-electron chi connectivity index (χ2n) is 7.15. The Morgan fingerprint density at radius 2 is 1.77 bits per heavy atom. The van der Waals surface area contributed by atoms with Gasteiger partial charge in [0.2, 0.25) is 5.91 Å². The number of methoxy groups -OCH3 is 1. The fourth-order valence-corrected chi connectivity index (χ4v) is 3.47. The van der Waals surface area contributed by atoms with Crippen LogP contribution in [0.2, 0.25) is 0 Å². The number of benzene rings is 2. The second-order valence-corrected chi connectivity index (χ2v) is 7.15. The standard InChI is InChI=1S/C22H23F3N2O4/c1-30-18-7-2-14(12-19(18)31-22(24)25)13-26-20(28)15-8-10-27(11-9-15)21(29)16-3-5-17(23)6-4-16/h2-7,12,15,22H,8-11,13H2,1H3,(H,26,28). The Labute approximate surface area is 177 Å². The number of carbonyl (C=O) groups is 2. The molecule has 166 valence electrons. The SMILES string of the molecule is COc1ccc(CNC(=O)C2CCN(C(=O)c3ccc(F)cc3)CC2)cc1OC(F)F. The number of nitrogens with zero attached hydrogens (tertiary/aromatic N) is 1. The van der Waals surface area contributed by atoms with E-state index in [1.807, 2.05) is 0 Å². The Balaban J connectivity index is 1.51. The van der Waals surface area contributed by atoms with Gasteiger partial charge in [0.05, 0.1) is 7.11 Å². The van der Waals surface area contributed by atoms with E-state index in [0.717, 1.165) is 0 Å². The molecule has 1 aliphatic heterocycles. The Kier molecular flexibility index (Phi) is 7.38. The van der Waals surface area contributed by atoms with Gasteiger partial charge >= 0.3 is 6.61 Å². The molecule has 0 aliphatic carbocycles. The van der Waals surface area contributed by atoms with Crippen LogP contribution < -0.4 is 14.8 Å². The highest BCUT2D eigenvalue weighted by Gasteiger charge is 2.27. The first-order valence-electron chi connectivity index (χ1n) is 9.81. The van der Waals surface area contributed by atoms with Crippen LogP contribution in [0.15, 0.2) is 42.5 Å². The summed E-state index contributed by atoms with van der Waals surface area (Å²) in [6.45, 7) is -2.00. The molecule has 2 amide bonds. The first-order valence-corrected chi connectivity index (χ1v) is 9.81. The Morgan fingerprint density at radius 1 is 1.10 bits per heavy atom. The number of hydrogen-bond acceptors (Lipinski definition) is 4. The maximum Gasteiger partial charge on any atom is 0.387 e. The van der Waals surface area contributed by atoms with Crippen LogP contribution in [-0.2, 0) is 11.3 Å². The Bertz CT molecular complexity index is 913. The molecule has 3 rings (SSSR count). The third-order valence-corrected chi connectivity index (χ3v) is 5.15. The molecule has 9 heteroatoms. The van der Waals surface area contributed by atoms with Gasteiger partial charge < -0.3 is 19.7 Å². The molecule has 0 bridgehead atoms. The molecule has 0 spiro atoms. The summed E-state index contributed by atoms with van der Waals surface area (Å²) < 4.78 is 47.6. The highest BCUT2D eigenvalue weighted by atomic mass is 19.3. The second kappa shape index (κ2) is 10.2. The van der Waals surface area contributed by atoms with Crippen molar-refractivity contribution in [1.82, 2.24) is 10.2 Å². The van der Waals surface area contributed by atoms with Gasteiger partial charge in [-0.05, 0) is 54.8 Å². The summed E-state index contributed by atoms with van der Waals surface area (Å²) in [5, 5.41) is 2.80. The predicted octanol–water partition coefficient (Wildman–Crippen LogP) is 3.60. The van der Waals surface area contributed by atoms with Crippen LogP contribution in [-0.4, -0.2) is 43.5 Å². The summed E-state index contributed by atoms with van der Waals surface area (Å²) in [7, 11) is 1.35. The van der Waals surface area contributed by atoms with Crippen molar-refractivity contribution in [3.05, 3.63) is 59.4 Å². The zero-order chi connectivity index (χ0) is 22.4. The molecule has 0 aromatic heterocycles. The number of rotatable bonds is 7. The summed E-state index contributed by atoms with van der Waals surface area (Å²) in [4.78, 5) is 26.6. The molecule has 6 nitrogen and oxygen atoms in total. The number of amides is 2. The fraction of sp³-hybridized carbons (Fsp3) is 0.364. The summed E-state index contributed by atoms with van der Waals surface area (Å²) in [6.07, 6.45) is 1.00. The maximum atomic E-state index is 13.0. The molecule has 0 saturated carbocycles. The molecule has 1 heterocycles. The highest BCUT2D eigenvalue weighted by Crippen LogP contribution is 2.29. The van der Waals surface area contributed by atoms with Gasteiger partial charge in [-0.3, -0.25) is 9.59 Å². The van der Waals surface area contributed by atoms with Crippen LogP contribution in [0.3, 0.4) is 0 Å². The average Bonchev–Trinajstić information content (AvgIpc) is 2.77. The molecule has 2 aromatic rings. The molecule has 31 heavy (non-hydrogen) atoms. The molecular weight excluding hydrogens is 413 g/mol. The number of nitrogens with one attached hydrogen (secondary N) is 1. The number of halogens is 3. The van der Waals surface area contributed by atoms with E-state index >= 15 is 0 Å². The van der Waals surface area contributed by atoms with Crippen LogP contribution in [0.4, 0.5) is 13.2 Å². The molecule has 0 radical (unpaired) electrons.